The van der Waals surface area contributed by atoms with Gasteiger partial charge in [0.2, 0.25) is 0 Å². The van der Waals surface area contributed by atoms with Crippen LogP contribution in [0.1, 0.15) is 55.8 Å². The summed E-state index contributed by atoms with van der Waals surface area (Å²) < 4.78 is 10.3. The molecule has 0 aromatic heterocycles. The molecule has 26 heavy (non-hydrogen) atoms. The number of carbonyl (C=O) groups is 2. The fourth-order valence-corrected chi connectivity index (χ4v) is 3.18. The van der Waals surface area contributed by atoms with Crippen molar-refractivity contribution in [3.63, 3.8) is 0 Å². The molecule has 2 rings (SSSR count). The lowest BCUT2D eigenvalue weighted by atomic mass is 9.97. The Hall–Kier alpha value is -2.30. The van der Waals surface area contributed by atoms with Crippen LogP contribution in [0.4, 0.5) is 0 Å². The fraction of sp³-hybridized carbons (Fsp3) is 0.524. The molecule has 0 spiro atoms. The van der Waals surface area contributed by atoms with Crippen LogP contribution in [0.5, 0.6) is 5.75 Å². The van der Waals surface area contributed by atoms with Crippen LogP contribution in [-0.2, 0) is 9.53 Å². The third kappa shape index (κ3) is 5.90. The number of para-hydroxylation sites is 1. The molecular weight excluding hydrogens is 330 g/mol. The van der Waals surface area contributed by atoms with Crippen LogP contribution < -0.4 is 4.74 Å². The van der Waals surface area contributed by atoms with Crippen LogP contribution in [0.25, 0.3) is 0 Å². The topological polar surface area (TPSA) is 55.8 Å². The Bertz CT molecular complexity index is 639. The highest BCUT2D eigenvalue weighted by Crippen LogP contribution is 2.23. The number of nitrogens with zero attached hydrogens (tertiary/aromatic N) is 1. The Morgan fingerprint density at radius 3 is 2.65 bits per heavy atom. The summed E-state index contributed by atoms with van der Waals surface area (Å²) in [5.74, 6) is 0.167. The molecule has 1 aliphatic rings. The van der Waals surface area contributed by atoms with Crippen LogP contribution in [0.3, 0.4) is 0 Å². The first-order valence-corrected chi connectivity index (χ1v) is 9.41. The molecule has 0 aliphatic heterocycles. The SMILES string of the molecule is CCOC(=O)CCN(CCC1=CCCCC1)C(=O)c1ccccc1OC. The van der Waals surface area contributed by atoms with E-state index in [1.54, 1.807) is 31.1 Å². The number of carbonyl (C=O) groups excluding carboxylic acids is 2. The number of hydrogen-bond acceptors (Lipinski definition) is 4. The van der Waals surface area contributed by atoms with Gasteiger partial charge >= 0.3 is 5.97 Å². The molecule has 0 saturated heterocycles. The van der Waals surface area contributed by atoms with E-state index in [9.17, 15) is 9.59 Å². The number of rotatable bonds is 9. The third-order valence-corrected chi connectivity index (χ3v) is 4.60. The van der Waals surface area contributed by atoms with Crippen molar-refractivity contribution in [2.45, 2.75) is 45.4 Å². The lowest BCUT2D eigenvalue weighted by Gasteiger charge is -2.24. The van der Waals surface area contributed by atoms with Gasteiger partial charge < -0.3 is 14.4 Å². The Kier molecular flexibility index (Phi) is 8.19. The number of amides is 1. The predicted octanol–water partition coefficient (Wildman–Crippen LogP) is 3.98. The van der Waals surface area contributed by atoms with Gasteiger partial charge in [-0.25, -0.2) is 0 Å². The second-order valence-corrected chi connectivity index (χ2v) is 6.41. The summed E-state index contributed by atoms with van der Waals surface area (Å²) in [7, 11) is 1.56. The van der Waals surface area contributed by atoms with Gasteiger partial charge in [-0.15, -0.1) is 0 Å². The van der Waals surface area contributed by atoms with Crippen molar-refractivity contribution < 1.29 is 19.1 Å². The molecule has 0 bridgehead atoms. The van der Waals surface area contributed by atoms with Gasteiger partial charge in [0.25, 0.3) is 5.91 Å². The summed E-state index contributed by atoms with van der Waals surface area (Å²) in [4.78, 5) is 26.5. The lowest BCUT2D eigenvalue weighted by Crippen LogP contribution is -2.34. The summed E-state index contributed by atoms with van der Waals surface area (Å²) in [6.07, 6.45) is 8.04. The molecule has 1 amide bonds. The summed E-state index contributed by atoms with van der Waals surface area (Å²) in [5, 5.41) is 0. The first kappa shape index (κ1) is 20.0. The van der Waals surface area contributed by atoms with E-state index in [-0.39, 0.29) is 18.3 Å². The smallest absolute Gasteiger partial charge is 0.307 e. The van der Waals surface area contributed by atoms with Crippen LogP contribution in [-0.4, -0.2) is 43.6 Å². The van der Waals surface area contributed by atoms with E-state index in [0.717, 1.165) is 19.3 Å². The maximum Gasteiger partial charge on any atom is 0.307 e. The molecule has 142 valence electrons. The van der Waals surface area contributed by atoms with Gasteiger partial charge in [-0.3, -0.25) is 9.59 Å². The van der Waals surface area contributed by atoms with E-state index in [1.165, 1.54) is 18.4 Å². The normalized spacial score (nSPS) is 13.7. The number of methoxy groups -OCH3 is 1. The minimum absolute atomic E-state index is 0.108. The molecule has 0 heterocycles. The van der Waals surface area contributed by atoms with Crippen LogP contribution in [0.15, 0.2) is 35.9 Å². The molecule has 0 saturated carbocycles. The zero-order valence-electron chi connectivity index (χ0n) is 15.8. The molecule has 0 fully saturated rings. The summed E-state index contributed by atoms with van der Waals surface area (Å²) in [6, 6.07) is 7.20. The molecular formula is C21H29NO4. The van der Waals surface area contributed by atoms with E-state index < -0.39 is 0 Å². The molecule has 5 nitrogen and oxygen atoms in total. The average molecular weight is 359 g/mol. The van der Waals surface area contributed by atoms with Crippen molar-refractivity contribution in [1.82, 2.24) is 4.90 Å². The second kappa shape index (κ2) is 10.6. The monoisotopic (exact) mass is 359 g/mol. The zero-order chi connectivity index (χ0) is 18.8. The highest BCUT2D eigenvalue weighted by molar-refractivity contribution is 5.97. The predicted molar refractivity (Wildman–Crippen MR) is 101 cm³/mol. The second-order valence-electron chi connectivity index (χ2n) is 6.41. The van der Waals surface area contributed by atoms with Gasteiger partial charge in [-0.2, -0.15) is 0 Å². The first-order valence-electron chi connectivity index (χ1n) is 9.41. The summed E-state index contributed by atoms with van der Waals surface area (Å²) >= 11 is 0. The Morgan fingerprint density at radius 1 is 1.15 bits per heavy atom. The van der Waals surface area contributed by atoms with Crippen LogP contribution in [0.2, 0.25) is 0 Å². The summed E-state index contributed by atoms with van der Waals surface area (Å²) in [6.45, 7) is 3.09. The fourth-order valence-electron chi connectivity index (χ4n) is 3.18. The van der Waals surface area contributed by atoms with Gasteiger partial charge in [-0.05, 0) is 51.2 Å². The average Bonchev–Trinajstić information content (AvgIpc) is 2.68. The van der Waals surface area contributed by atoms with Crippen LogP contribution >= 0.6 is 0 Å². The van der Waals surface area contributed by atoms with Gasteiger partial charge in [0.1, 0.15) is 5.75 Å². The summed E-state index contributed by atoms with van der Waals surface area (Å²) in [5.41, 5.74) is 1.93. The number of benzene rings is 1. The quantitative estimate of drug-likeness (QED) is 0.494. The third-order valence-electron chi connectivity index (χ3n) is 4.60. The molecule has 1 aliphatic carbocycles. The van der Waals surface area contributed by atoms with E-state index in [4.69, 9.17) is 9.47 Å². The van der Waals surface area contributed by atoms with E-state index in [0.29, 0.717) is 31.0 Å². The van der Waals surface area contributed by atoms with Gasteiger partial charge in [0.05, 0.1) is 25.7 Å². The van der Waals surface area contributed by atoms with E-state index >= 15 is 0 Å². The van der Waals surface area contributed by atoms with Crippen molar-refractivity contribution in [3.05, 3.63) is 41.5 Å². The Labute approximate surface area is 156 Å². The largest absolute Gasteiger partial charge is 0.496 e. The molecule has 5 heteroatoms. The van der Waals surface area contributed by atoms with Crippen molar-refractivity contribution in [1.29, 1.82) is 0 Å². The van der Waals surface area contributed by atoms with Crippen molar-refractivity contribution >= 4 is 11.9 Å². The number of hydrogen-bond donors (Lipinski definition) is 0. The minimum atomic E-state index is -0.276. The zero-order valence-corrected chi connectivity index (χ0v) is 15.8. The molecule has 0 unspecified atom stereocenters. The standard InChI is InChI=1S/C21H29NO4/c1-3-26-20(23)14-16-22(15-13-17-9-5-4-6-10-17)21(24)18-11-7-8-12-19(18)25-2/h7-9,11-12H,3-6,10,13-16H2,1-2H3. The maximum absolute atomic E-state index is 13.0. The lowest BCUT2D eigenvalue weighted by molar-refractivity contribution is -0.143. The minimum Gasteiger partial charge on any atom is -0.496 e. The molecule has 0 atom stereocenters. The molecule has 0 radical (unpaired) electrons. The highest BCUT2D eigenvalue weighted by Gasteiger charge is 2.21. The van der Waals surface area contributed by atoms with Crippen molar-refractivity contribution in [2.75, 3.05) is 26.8 Å². The number of esters is 1. The van der Waals surface area contributed by atoms with E-state index in [2.05, 4.69) is 6.08 Å². The highest BCUT2D eigenvalue weighted by atomic mass is 16.5. The van der Waals surface area contributed by atoms with Crippen molar-refractivity contribution in [2.24, 2.45) is 0 Å². The maximum atomic E-state index is 13.0. The van der Waals surface area contributed by atoms with Gasteiger partial charge in [0, 0.05) is 13.1 Å². The molecule has 1 aromatic rings. The van der Waals surface area contributed by atoms with Gasteiger partial charge in [0.15, 0.2) is 0 Å². The number of ether oxygens (including phenoxy) is 2. The van der Waals surface area contributed by atoms with Gasteiger partial charge in [-0.1, -0.05) is 23.8 Å². The Morgan fingerprint density at radius 2 is 1.96 bits per heavy atom. The first-order chi connectivity index (χ1) is 12.7. The molecule has 1 aromatic carbocycles. The van der Waals surface area contributed by atoms with Crippen molar-refractivity contribution in [3.8, 4) is 5.75 Å². The van der Waals surface area contributed by atoms with Crippen LogP contribution in [0, 0.1) is 0 Å². The Balaban J connectivity index is 2.08. The number of allylic oxidation sites excluding steroid dienone is 1. The molecule has 0 N–H and O–H groups in total. The van der Waals surface area contributed by atoms with E-state index in [1.807, 2.05) is 12.1 Å².